The van der Waals surface area contributed by atoms with E-state index >= 15 is 0 Å². The van der Waals surface area contributed by atoms with Gasteiger partial charge in [0.25, 0.3) is 0 Å². The Morgan fingerprint density at radius 2 is 1.76 bits per heavy atom. The van der Waals surface area contributed by atoms with Crippen molar-refractivity contribution in [2.45, 2.75) is 90.7 Å². The summed E-state index contributed by atoms with van der Waals surface area (Å²) in [6, 6.07) is 7.25. The lowest BCUT2D eigenvalue weighted by Gasteiger charge is -2.32. The van der Waals surface area contributed by atoms with Crippen LogP contribution in [0.15, 0.2) is 36.7 Å². The number of rotatable bonds is 9. The van der Waals surface area contributed by atoms with Gasteiger partial charge in [0.1, 0.15) is 6.04 Å². The molecular formula is C29H40N2O3. The summed E-state index contributed by atoms with van der Waals surface area (Å²) in [5.74, 6) is 5.34. The van der Waals surface area contributed by atoms with Gasteiger partial charge in [0.05, 0.1) is 6.61 Å². The number of carbonyl (C=O) groups is 1. The summed E-state index contributed by atoms with van der Waals surface area (Å²) in [4.78, 5) is 15.5. The number of hydrogen-bond donors (Lipinski definition) is 2. The third kappa shape index (κ3) is 8.59. The van der Waals surface area contributed by atoms with Crippen LogP contribution in [0.25, 0.3) is 0 Å². The molecule has 0 radical (unpaired) electrons. The molecule has 5 heteroatoms. The monoisotopic (exact) mass is 464 g/mol. The number of carboxylic acid groups (broad SMARTS) is 1. The summed E-state index contributed by atoms with van der Waals surface area (Å²) < 4.78 is 6.00. The molecule has 2 rings (SSSR count). The zero-order chi connectivity index (χ0) is 25.4. The minimum absolute atomic E-state index is 0.142. The van der Waals surface area contributed by atoms with Crippen LogP contribution in [0.4, 0.5) is 0 Å². The Bertz CT molecular complexity index is 971. The molecule has 0 fully saturated rings. The van der Waals surface area contributed by atoms with Crippen LogP contribution in [0.2, 0.25) is 0 Å². The average molecular weight is 465 g/mol. The van der Waals surface area contributed by atoms with Crippen molar-refractivity contribution in [2.24, 2.45) is 5.73 Å². The molecule has 0 amide bonds. The maximum atomic E-state index is 11.5. The van der Waals surface area contributed by atoms with E-state index in [2.05, 4.69) is 70.5 Å². The summed E-state index contributed by atoms with van der Waals surface area (Å²) in [5, 5.41) is 9.41. The van der Waals surface area contributed by atoms with Gasteiger partial charge in [-0.05, 0) is 64.5 Å². The molecule has 0 spiro atoms. The van der Waals surface area contributed by atoms with Crippen LogP contribution in [0, 0.1) is 11.8 Å². The summed E-state index contributed by atoms with van der Waals surface area (Å²) in [6.07, 6.45) is 6.60. The van der Waals surface area contributed by atoms with E-state index < -0.39 is 12.0 Å². The van der Waals surface area contributed by atoms with E-state index in [1.165, 1.54) is 0 Å². The first-order valence-corrected chi connectivity index (χ1v) is 12.0. The number of nitrogens with two attached hydrogens (primary N) is 1. The Kier molecular flexibility index (Phi) is 9.85. The van der Waals surface area contributed by atoms with Gasteiger partial charge in [0.2, 0.25) is 0 Å². The molecule has 0 aliphatic heterocycles. The van der Waals surface area contributed by atoms with E-state index in [1.807, 2.05) is 12.1 Å². The molecule has 0 aliphatic rings. The second-order valence-corrected chi connectivity index (χ2v) is 10.9. The number of pyridine rings is 1. The summed E-state index contributed by atoms with van der Waals surface area (Å²) in [5.41, 5.74) is 11.0. The summed E-state index contributed by atoms with van der Waals surface area (Å²) in [7, 11) is 0. The standard InChI is InChI=1S/C29H40N2O3/c1-28(2,3)24-16-22(17-25(29(4,5)6)23(24)18-26(30)27(32)33)20-34-15-10-8-7-9-12-21-13-11-14-31-19-21/h11,13-14,16-17,19,26H,7-8,10,15,18,20,30H2,1-6H3,(H,32,33)/t26-/m0/s1. The van der Waals surface area contributed by atoms with E-state index in [4.69, 9.17) is 10.5 Å². The molecule has 3 N–H and O–H groups in total. The van der Waals surface area contributed by atoms with Crippen molar-refractivity contribution in [3.8, 4) is 11.8 Å². The summed E-state index contributed by atoms with van der Waals surface area (Å²) >= 11 is 0. The molecule has 5 nitrogen and oxygen atoms in total. The smallest absolute Gasteiger partial charge is 0.320 e. The van der Waals surface area contributed by atoms with Crippen molar-refractivity contribution in [2.75, 3.05) is 6.61 Å². The van der Waals surface area contributed by atoms with Gasteiger partial charge in [0, 0.05) is 31.0 Å². The SMILES string of the molecule is CC(C)(C)c1cc(COCCCCC#Cc2cccnc2)cc(C(C)(C)C)c1C[C@H](N)C(=O)O. The Labute approximate surface area is 205 Å². The second-order valence-electron chi connectivity index (χ2n) is 10.9. The second kappa shape index (κ2) is 12.1. The van der Waals surface area contributed by atoms with Crippen molar-refractivity contribution in [1.82, 2.24) is 4.98 Å². The van der Waals surface area contributed by atoms with E-state index in [0.717, 1.165) is 47.1 Å². The van der Waals surface area contributed by atoms with Gasteiger partial charge in [0.15, 0.2) is 0 Å². The Morgan fingerprint density at radius 1 is 1.12 bits per heavy atom. The molecular weight excluding hydrogens is 424 g/mol. The van der Waals surface area contributed by atoms with Crippen LogP contribution < -0.4 is 5.73 Å². The first kappa shape index (κ1) is 27.6. The molecule has 0 saturated carbocycles. The van der Waals surface area contributed by atoms with Gasteiger partial charge in [-0.2, -0.15) is 0 Å². The Hall–Kier alpha value is -2.68. The average Bonchev–Trinajstić information content (AvgIpc) is 2.75. The predicted octanol–water partition coefficient (Wildman–Crippen LogP) is 5.37. The highest BCUT2D eigenvalue weighted by Gasteiger charge is 2.28. The zero-order valence-corrected chi connectivity index (χ0v) is 21.6. The highest BCUT2D eigenvalue weighted by Crippen LogP contribution is 2.36. The third-order valence-corrected chi connectivity index (χ3v) is 5.67. The van der Waals surface area contributed by atoms with Crippen molar-refractivity contribution < 1.29 is 14.6 Å². The minimum Gasteiger partial charge on any atom is -0.480 e. The first-order valence-electron chi connectivity index (χ1n) is 12.0. The van der Waals surface area contributed by atoms with E-state index in [9.17, 15) is 9.90 Å². The molecule has 0 unspecified atom stereocenters. The number of benzene rings is 1. The van der Waals surface area contributed by atoms with Crippen molar-refractivity contribution in [1.29, 1.82) is 0 Å². The lowest BCUT2D eigenvalue weighted by molar-refractivity contribution is -0.138. The van der Waals surface area contributed by atoms with Gasteiger partial charge < -0.3 is 15.6 Å². The van der Waals surface area contributed by atoms with Crippen LogP contribution >= 0.6 is 0 Å². The molecule has 0 saturated heterocycles. The van der Waals surface area contributed by atoms with Crippen LogP contribution in [-0.2, 0) is 33.4 Å². The molecule has 184 valence electrons. The number of unbranched alkanes of at least 4 members (excludes halogenated alkanes) is 2. The van der Waals surface area contributed by atoms with Gasteiger partial charge in [-0.25, -0.2) is 0 Å². The summed E-state index contributed by atoms with van der Waals surface area (Å²) in [6.45, 7) is 14.1. The van der Waals surface area contributed by atoms with Gasteiger partial charge in [-0.15, -0.1) is 0 Å². The zero-order valence-electron chi connectivity index (χ0n) is 21.6. The molecule has 1 heterocycles. The highest BCUT2D eigenvalue weighted by atomic mass is 16.5. The number of nitrogens with zero attached hydrogens (tertiary/aromatic N) is 1. The number of carboxylic acids is 1. The quantitative estimate of drug-likeness (QED) is 0.385. The fraction of sp³-hybridized carbons (Fsp3) is 0.517. The van der Waals surface area contributed by atoms with Gasteiger partial charge in [-0.1, -0.05) is 65.5 Å². The molecule has 1 atom stereocenters. The molecule has 0 aliphatic carbocycles. The first-order chi connectivity index (χ1) is 15.9. The predicted molar refractivity (Wildman–Crippen MR) is 138 cm³/mol. The lowest BCUT2D eigenvalue weighted by atomic mass is 9.74. The fourth-order valence-electron chi connectivity index (χ4n) is 3.89. The molecule has 1 aromatic heterocycles. The van der Waals surface area contributed by atoms with E-state index in [1.54, 1.807) is 12.4 Å². The molecule has 1 aromatic carbocycles. The lowest BCUT2D eigenvalue weighted by Crippen LogP contribution is -2.34. The minimum atomic E-state index is -0.975. The number of aromatic nitrogens is 1. The molecule has 34 heavy (non-hydrogen) atoms. The Morgan fingerprint density at radius 3 is 2.29 bits per heavy atom. The maximum absolute atomic E-state index is 11.5. The normalized spacial score (nSPS) is 12.7. The number of ether oxygens (including phenoxy) is 1. The largest absolute Gasteiger partial charge is 0.480 e. The highest BCUT2D eigenvalue weighted by molar-refractivity contribution is 5.74. The van der Waals surface area contributed by atoms with Crippen molar-refractivity contribution in [3.05, 3.63) is 64.5 Å². The maximum Gasteiger partial charge on any atom is 0.320 e. The molecule has 2 aromatic rings. The van der Waals surface area contributed by atoms with Crippen molar-refractivity contribution in [3.63, 3.8) is 0 Å². The molecule has 0 bridgehead atoms. The van der Waals surface area contributed by atoms with Crippen LogP contribution in [0.5, 0.6) is 0 Å². The Balaban J connectivity index is 2.06. The van der Waals surface area contributed by atoms with Gasteiger partial charge >= 0.3 is 5.97 Å². The van der Waals surface area contributed by atoms with Crippen LogP contribution in [0.1, 0.15) is 88.6 Å². The fourth-order valence-corrected chi connectivity index (χ4v) is 3.89. The van der Waals surface area contributed by atoms with Gasteiger partial charge in [-0.3, -0.25) is 9.78 Å². The number of hydrogen-bond acceptors (Lipinski definition) is 4. The van der Waals surface area contributed by atoms with Crippen LogP contribution in [0.3, 0.4) is 0 Å². The van der Waals surface area contributed by atoms with Crippen molar-refractivity contribution >= 4 is 5.97 Å². The van der Waals surface area contributed by atoms with Crippen LogP contribution in [-0.4, -0.2) is 28.7 Å². The third-order valence-electron chi connectivity index (χ3n) is 5.67. The number of aliphatic carboxylic acids is 1. The topological polar surface area (TPSA) is 85.4 Å². The van der Waals surface area contributed by atoms with E-state index in [0.29, 0.717) is 19.6 Å². The van der Waals surface area contributed by atoms with E-state index in [-0.39, 0.29) is 10.8 Å².